The molecule has 1 saturated carbocycles. The standard InChI is InChI=1S/C31H43N3O3/c1-31(37-30(35)36-4)29(34(23-32-31)22-26-13-9-6-10-14-26)21-25-15-18-27(19-16-25)28(33(2)3)20-17-24-11-7-5-8-12-24/h5-14,23,25,27-29H,15-22H2,1-4H3. The summed E-state index contributed by atoms with van der Waals surface area (Å²) in [5.74, 6) is 1.30. The van der Waals surface area contributed by atoms with Gasteiger partial charge in [0.1, 0.15) is 0 Å². The van der Waals surface area contributed by atoms with Gasteiger partial charge in [0.15, 0.2) is 0 Å². The van der Waals surface area contributed by atoms with Crippen molar-refractivity contribution in [1.82, 2.24) is 9.80 Å². The first-order chi connectivity index (χ1) is 17.9. The maximum Gasteiger partial charge on any atom is 0.510 e. The molecule has 37 heavy (non-hydrogen) atoms. The number of hydrogen-bond acceptors (Lipinski definition) is 6. The van der Waals surface area contributed by atoms with Crippen LogP contribution in [0.4, 0.5) is 4.79 Å². The van der Waals surface area contributed by atoms with E-state index < -0.39 is 11.9 Å². The van der Waals surface area contributed by atoms with E-state index in [0.29, 0.717) is 17.9 Å². The van der Waals surface area contributed by atoms with E-state index in [1.807, 2.05) is 19.3 Å². The van der Waals surface area contributed by atoms with Gasteiger partial charge in [0, 0.05) is 12.6 Å². The minimum Gasteiger partial charge on any atom is -0.438 e. The van der Waals surface area contributed by atoms with Crippen molar-refractivity contribution >= 4 is 12.5 Å². The SMILES string of the molecule is COC(=O)OC1(C)N=CN(Cc2ccccc2)C1CC1CCC(C(CCc2ccccc2)N(C)C)CC1. The van der Waals surface area contributed by atoms with Gasteiger partial charge in [0.2, 0.25) is 5.72 Å². The lowest BCUT2D eigenvalue weighted by molar-refractivity contribution is -0.0472. The lowest BCUT2D eigenvalue weighted by Crippen LogP contribution is -2.48. The average molecular weight is 506 g/mol. The topological polar surface area (TPSA) is 54.4 Å². The fraction of sp³-hybridized carbons (Fsp3) is 0.548. The van der Waals surface area contributed by atoms with Crippen molar-refractivity contribution in [3.8, 4) is 0 Å². The highest BCUT2D eigenvalue weighted by molar-refractivity contribution is 5.64. The van der Waals surface area contributed by atoms with Gasteiger partial charge in [0.25, 0.3) is 0 Å². The summed E-state index contributed by atoms with van der Waals surface area (Å²) in [6, 6.07) is 21.8. The number of nitrogens with zero attached hydrogens (tertiary/aromatic N) is 3. The van der Waals surface area contributed by atoms with E-state index in [1.54, 1.807) is 0 Å². The zero-order valence-corrected chi connectivity index (χ0v) is 22.9. The molecule has 2 aliphatic rings. The van der Waals surface area contributed by atoms with Crippen molar-refractivity contribution in [1.29, 1.82) is 0 Å². The fourth-order valence-electron chi connectivity index (χ4n) is 6.27. The van der Waals surface area contributed by atoms with Crippen molar-refractivity contribution in [3.05, 3.63) is 71.8 Å². The molecule has 3 unspecified atom stereocenters. The van der Waals surface area contributed by atoms with Crippen LogP contribution in [0.2, 0.25) is 0 Å². The summed E-state index contributed by atoms with van der Waals surface area (Å²) in [6.07, 6.45) is 9.32. The van der Waals surface area contributed by atoms with Gasteiger partial charge in [-0.25, -0.2) is 9.79 Å². The summed E-state index contributed by atoms with van der Waals surface area (Å²) in [7, 11) is 5.81. The van der Waals surface area contributed by atoms with Crippen molar-refractivity contribution < 1.29 is 14.3 Å². The zero-order valence-electron chi connectivity index (χ0n) is 22.9. The Morgan fingerprint density at radius 3 is 2.24 bits per heavy atom. The number of hydrogen-bond donors (Lipinski definition) is 0. The van der Waals surface area contributed by atoms with Gasteiger partial charge in [0.05, 0.1) is 19.5 Å². The molecular formula is C31H43N3O3. The number of carbonyl (C=O) groups excluding carboxylic acids is 1. The van der Waals surface area contributed by atoms with Crippen molar-refractivity contribution in [2.24, 2.45) is 16.8 Å². The molecule has 2 aromatic carbocycles. The van der Waals surface area contributed by atoms with Crippen molar-refractivity contribution in [3.63, 3.8) is 0 Å². The van der Waals surface area contributed by atoms with E-state index in [4.69, 9.17) is 9.47 Å². The summed E-state index contributed by atoms with van der Waals surface area (Å²) in [6.45, 7) is 2.65. The second-order valence-corrected chi connectivity index (χ2v) is 11.1. The van der Waals surface area contributed by atoms with Crippen LogP contribution >= 0.6 is 0 Å². The van der Waals surface area contributed by atoms with Crippen LogP contribution in [-0.2, 0) is 22.4 Å². The number of aliphatic imine (C=N–C) groups is 1. The first-order valence-corrected chi connectivity index (χ1v) is 13.7. The molecule has 0 aromatic heterocycles. The second-order valence-electron chi connectivity index (χ2n) is 11.1. The zero-order chi connectivity index (χ0) is 26.3. The Labute approximate surface area is 222 Å². The molecule has 200 valence electrons. The largest absolute Gasteiger partial charge is 0.510 e. The van der Waals surface area contributed by atoms with Gasteiger partial charge in [-0.2, -0.15) is 0 Å². The van der Waals surface area contributed by atoms with Gasteiger partial charge < -0.3 is 19.3 Å². The molecule has 6 heteroatoms. The van der Waals surface area contributed by atoms with Crippen LogP contribution in [0, 0.1) is 11.8 Å². The van der Waals surface area contributed by atoms with Gasteiger partial charge in [-0.3, -0.25) is 0 Å². The van der Waals surface area contributed by atoms with Crippen LogP contribution < -0.4 is 0 Å². The number of aryl methyl sites for hydroxylation is 1. The molecule has 0 N–H and O–H groups in total. The molecule has 1 fully saturated rings. The van der Waals surface area contributed by atoms with Crippen LogP contribution in [0.25, 0.3) is 0 Å². The molecule has 1 aliphatic carbocycles. The number of ether oxygens (including phenoxy) is 2. The Bertz CT molecular complexity index is 1000. The summed E-state index contributed by atoms with van der Waals surface area (Å²) in [5.41, 5.74) is 1.70. The quantitative estimate of drug-likeness (QED) is 0.362. The normalized spacial score (nSPS) is 26.3. The Hall–Kier alpha value is -2.86. The van der Waals surface area contributed by atoms with E-state index in [1.165, 1.54) is 50.3 Å². The third-order valence-electron chi connectivity index (χ3n) is 8.37. The minimum absolute atomic E-state index is 0.0175. The first-order valence-electron chi connectivity index (χ1n) is 13.7. The number of rotatable bonds is 10. The predicted octanol–water partition coefficient (Wildman–Crippen LogP) is 6.16. The van der Waals surface area contributed by atoms with Crippen LogP contribution in [0.15, 0.2) is 65.7 Å². The molecule has 0 spiro atoms. The molecule has 4 rings (SSSR count). The van der Waals surface area contributed by atoms with E-state index in [2.05, 4.69) is 83.5 Å². The van der Waals surface area contributed by atoms with Crippen molar-refractivity contribution in [2.75, 3.05) is 21.2 Å². The van der Waals surface area contributed by atoms with E-state index in [0.717, 1.165) is 19.4 Å². The van der Waals surface area contributed by atoms with E-state index >= 15 is 0 Å². The molecule has 1 aliphatic heterocycles. The predicted molar refractivity (Wildman–Crippen MR) is 148 cm³/mol. The lowest BCUT2D eigenvalue weighted by atomic mass is 9.74. The molecule has 0 saturated heterocycles. The smallest absolute Gasteiger partial charge is 0.438 e. The highest BCUT2D eigenvalue weighted by Gasteiger charge is 2.46. The molecular weight excluding hydrogens is 462 g/mol. The maximum atomic E-state index is 12.1. The number of benzene rings is 2. The molecule has 6 nitrogen and oxygen atoms in total. The van der Waals surface area contributed by atoms with Crippen LogP contribution in [0.5, 0.6) is 0 Å². The highest BCUT2D eigenvalue weighted by Crippen LogP contribution is 2.40. The summed E-state index contributed by atoms with van der Waals surface area (Å²) in [4.78, 5) is 21.4. The summed E-state index contributed by atoms with van der Waals surface area (Å²) in [5, 5.41) is 0. The fourth-order valence-corrected chi connectivity index (χ4v) is 6.27. The van der Waals surface area contributed by atoms with Gasteiger partial charge in [-0.1, -0.05) is 73.5 Å². The van der Waals surface area contributed by atoms with Crippen LogP contribution in [-0.4, -0.2) is 61.3 Å². The lowest BCUT2D eigenvalue weighted by Gasteiger charge is -2.40. The molecule has 0 radical (unpaired) electrons. The monoisotopic (exact) mass is 505 g/mol. The molecule has 2 aromatic rings. The van der Waals surface area contributed by atoms with Gasteiger partial charge >= 0.3 is 6.16 Å². The summed E-state index contributed by atoms with van der Waals surface area (Å²) >= 11 is 0. The Kier molecular flexibility index (Phi) is 9.25. The van der Waals surface area contributed by atoms with Gasteiger partial charge in [-0.05, 0) is 76.1 Å². The van der Waals surface area contributed by atoms with Crippen LogP contribution in [0.1, 0.15) is 56.6 Å². The third-order valence-corrected chi connectivity index (χ3v) is 8.37. The number of methoxy groups -OCH3 is 1. The van der Waals surface area contributed by atoms with E-state index in [-0.39, 0.29) is 6.04 Å². The van der Waals surface area contributed by atoms with Gasteiger partial charge in [-0.15, -0.1) is 0 Å². The molecule has 3 atom stereocenters. The molecule has 1 heterocycles. The van der Waals surface area contributed by atoms with Crippen molar-refractivity contribution in [2.45, 2.75) is 76.2 Å². The minimum atomic E-state index is -0.944. The maximum absolute atomic E-state index is 12.1. The van der Waals surface area contributed by atoms with E-state index in [9.17, 15) is 4.79 Å². The Balaban J connectivity index is 1.38. The number of carbonyl (C=O) groups is 1. The Morgan fingerprint density at radius 1 is 1.03 bits per heavy atom. The molecule has 0 bridgehead atoms. The second kappa shape index (κ2) is 12.6. The first kappa shape index (κ1) is 27.2. The Morgan fingerprint density at radius 2 is 1.65 bits per heavy atom. The molecule has 0 amide bonds. The average Bonchev–Trinajstić information content (AvgIpc) is 3.20. The summed E-state index contributed by atoms with van der Waals surface area (Å²) < 4.78 is 10.6. The highest BCUT2D eigenvalue weighted by atomic mass is 16.7. The third kappa shape index (κ3) is 7.13. The van der Waals surface area contributed by atoms with Crippen LogP contribution in [0.3, 0.4) is 0 Å².